The average Bonchev–Trinajstić information content (AvgIpc) is 2.84. The fraction of sp³-hybridized carbons (Fsp3) is 0.125. The molecule has 3 N–H and O–H groups in total. The van der Waals surface area contributed by atoms with Crippen molar-refractivity contribution in [3.63, 3.8) is 0 Å². The van der Waals surface area contributed by atoms with Gasteiger partial charge in [-0.15, -0.1) is 0 Å². The Kier molecular flexibility index (Phi) is 6.23. The summed E-state index contributed by atoms with van der Waals surface area (Å²) in [5.41, 5.74) is 3.95. The van der Waals surface area contributed by atoms with E-state index < -0.39 is 5.91 Å². The second kappa shape index (κ2) is 9.41. The first-order valence-corrected chi connectivity index (χ1v) is 10.1. The number of hydrogen-bond donors (Lipinski definition) is 3. The molecule has 0 spiro atoms. The van der Waals surface area contributed by atoms with Gasteiger partial charge in [-0.3, -0.25) is 14.6 Å². The molecule has 0 saturated heterocycles. The Labute approximate surface area is 188 Å². The molecular formula is C24H21N5O4. The first kappa shape index (κ1) is 21.8. The molecule has 0 saturated carbocycles. The SMILES string of the molecule is Cc1ncc(CO)c(/C=N\NC(=O)c2nn(Cc3ccccc3)c(=O)c3ccccc23)c1O. The summed E-state index contributed by atoms with van der Waals surface area (Å²) in [6.45, 7) is 1.46. The van der Waals surface area contributed by atoms with E-state index in [0.29, 0.717) is 22.0 Å². The van der Waals surface area contributed by atoms with Crippen molar-refractivity contribution >= 4 is 22.9 Å². The van der Waals surface area contributed by atoms with Gasteiger partial charge in [-0.05, 0) is 18.6 Å². The van der Waals surface area contributed by atoms with Gasteiger partial charge in [0.1, 0.15) is 5.75 Å². The number of amides is 1. The number of carbonyl (C=O) groups is 1. The summed E-state index contributed by atoms with van der Waals surface area (Å²) in [5.74, 6) is -0.764. The van der Waals surface area contributed by atoms with E-state index in [1.807, 2.05) is 30.3 Å². The summed E-state index contributed by atoms with van der Waals surface area (Å²) >= 11 is 0. The number of aryl methyl sites for hydroxylation is 1. The van der Waals surface area contributed by atoms with Crippen molar-refractivity contribution in [2.24, 2.45) is 5.10 Å². The standard InChI is InChI=1S/C24H21N5O4/c1-15-22(31)20(17(14-30)11-25-15)12-26-27-23(32)21-18-9-5-6-10-19(18)24(33)29(28-21)13-16-7-3-2-4-8-16/h2-12,30-31H,13-14H2,1H3,(H,27,32)/b26-12-. The van der Waals surface area contributed by atoms with Gasteiger partial charge in [-0.2, -0.15) is 10.2 Å². The lowest BCUT2D eigenvalue weighted by molar-refractivity contribution is 0.0949. The molecule has 2 aromatic heterocycles. The third-order valence-electron chi connectivity index (χ3n) is 5.15. The van der Waals surface area contributed by atoms with Crippen molar-refractivity contribution in [2.75, 3.05) is 0 Å². The van der Waals surface area contributed by atoms with Crippen LogP contribution in [0, 0.1) is 6.92 Å². The molecule has 2 aromatic carbocycles. The van der Waals surface area contributed by atoms with E-state index in [1.165, 1.54) is 17.1 Å². The van der Waals surface area contributed by atoms with Gasteiger partial charge in [0.2, 0.25) is 0 Å². The summed E-state index contributed by atoms with van der Waals surface area (Å²) in [6, 6.07) is 16.1. The zero-order valence-electron chi connectivity index (χ0n) is 17.8. The molecule has 0 fully saturated rings. The lowest BCUT2D eigenvalue weighted by Gasteiger charge is -2.10. The van der Waals surface area contributed by atoms with Crippen LogP contribution in [-0.4, -0.2) is 37.1 Å². The molecule has 0 aliphatic heterocycles. The number of nitrogens with zero attached hydrogens (tertiary/aromatic N) is 4. The zero-order valence-corrected chi connectivity index (χ0v) is 17.8. The second-order valence-corrected chi connectivity index (χ2v) is 7.33. The van der Waals surface area contributed by atoms with Crippen molar-refractivity contribution in [1.29, 1.82) is 0 Å². The molecule has 2 heterocycles. The van der Waals surface area contributed by atoms with E-state index in [-0.39, 0.29) is 35.7 Å². The number of hydrogen-bond acceptors (Lipinski definition) is 7. The Morgan fingerprint density at radius 3 is 2.55 bits per heavy atom. The molecule has 4 aromatic rings. The molecule has 166 valence electrons. The van der Waals surface area contributed by atoms with E-state index in [2.05, 4.69) is 20.6 Å². The number of pyridine rings is 1. The first-order chi connectivity index (χ1) is 16.0. The molecule has 0 atom stereocenters. The molecule has 0 bridgehead atoms. The number of fused-ring (bicyclic) bond motifs is 1. The fourth-order valence-corrected chi connectivity index (χ4v) is 3.40. The monoisotopic (exact) mass is 443 g/mol. The first-order valence-electron chi connectivity index (χ1n) is 10.1. The van der Waals surface area contributed by atoms with Crippen LogP contribution in [0.2, 0.25) is 0 Å². The number of benzene rings is 2. The highest BCUT2D eigenvalue weighted by atomic mass is 16.3. The van der Waals surface area contributed by atoms with E-state index in [1.54, 1.807) is 31.2 Å². The van der Waals surface area contributed by atoms with Crippen LogP contribution in [0.1, 0.15) is 32.9 Å². The number of aromatic hydroxyl groups is 1. The van der Waals surface area contributed by atoms with Gasteiger partial charge in [-0.25, -0.2) is 10.1 Å². The van der Waals surface area contributed by atoms with Gasteiger partial charge in [-0.1, -0.05) is 48.5 Å². The lowest BCUT2D eigenvalue weighted by Crippen LogP contribution is -2.29. The second-order valence-electron chi connectivity index (χ2n) is 7.33. The molecule has 33 heavy (non-hydrogen) atoms. The maximum Gasteiger partial charge on any atom is 0.292 e. The number of rotatable bonds is 6. The number of aliphatic hydroxyl groups is 1. The third kappa shape index (κ3) is 4.48. The minimum atomic E-state index is -0.625. The van der Waals surface area contributed by atoms with E-state index in [4.69, 9.17) is 0 Å². The molecular weight excluding hydrogens is 422 g/mol. The molecule has 4 rings (SSSR count). The Morgan fingerprint density at radius 1 is 1.12 bits per heavy atom. The van der Waals surface area contributed by atoms with Crippen LogP contribution >= 0.6 is 0 Å². The number of hydrazone groups is 1. The average molecular weight is 443 g/mol. The Hall–Kier alpha value is -4.37. The zero-order chi connectivity index (χ0) is 23.4. The Morgan fingerprint density at radius 2 is 1.82 bits per heavy atom. The summed E-state index contributed by atoms with van der Waals surface area (Å²) in [7, 11) is 0. The van der Waals surface area contributed by atoms with Crippen LogP contribution in [0.3, 0.4) is 0 Å². The summed E-state index contributed by atoms with van der Waals surface area (Å²) < 4.78 is 1.25. The van der Waals surface area contributed by atoms with E-state index >= 15 is 0 Å². The molecule has 0 radical (unpaired) electrons. The number of aliphatic hydroxyl groups excluding tert-OH is 1. The van der Waals surface area contributed by atoms with Crippen LogP contribution in [0.5, 0.6) is 5.75 Å². The van der Waals surface area contributed by atoms with Crippen LogP contribution in [-0.2, 0) is 13.2 Å². The van der Waals surface area contributed by atoms with E-state index in [9.17, 15) is 19.8 Å². The van der Waals surface area contributed by atoms with Crippen molar-refractivity contribution < 1.29 is 15.0 Å². The lowest BCUT2D eigenvalue weighted by atomic mass is 10.1. The van der Waals surface area contributed by atoms with E-state index in [0.717, 1.165) is 5.56 Å². The number of carbonyl (C=O) groups excluding carboxylic acids is 1. The van der Waals surface area contributed by atoms with Crippen LogP contribution < -0.4 is 11.0 Å². The van der Waals surface area contributed by atoms with Gasteiger partial charge >= 0.3 is 0 Å². The van der Waals surface area contributed by atoms with Crippen molar-refractivity contribution in [3.05, 3.63) is 99.2 Å². The topological polar surface area (TPSA) is 130 Å². The predicted octanol–water partition coefficient (Wildman–Crippen LogP) is 2.11. The Bertz CT molecular complexity index is 1410. The minimum absolute atomic E-state index is 0.0378. The van der Waals surface area contributed by atoms with Crippen LogP contribution in [0.4, 0.5) is 0 Å². The smallest absolute Gasteiger partial charge is 0.292 e. The quantitative estimate of drug-likeness (QED) is 0.309. The highest BCUT2D eigenvalue weighted by Crippen LogP contribution is 2.22. The maximum absolute atomic E-state index is 12.9. The van der Waals surface area contributed by atoms with Crippen LogP contribution in [0.25, 0.3) is 10.8 Å². The van der Waals surface area contributed by atoms with Crippen molar-refractivity contribution in [3.8, 4) is 5.75 Å². The highest BCUT2D eigenvalue weighted by molar-refractivity contribution is 6.05. The molecule has 9 nitrogen and oxygen atoms in total. The van der Waals surface area contributed by atoms with Gasteiger partial charge in [0.25, 0.3) is 11.5 Å². The maximum atomic E-state index is 12.9. The fourth-order valence-electron chi connectivity index (χ4n) is 3.40. The minimum Gasteiger partial charge on any atom is -0.505 e. The van der Waals surface area contributed by atoms with Gasteiger partial charge in [0, 0.05) is 22.7 Å². The molecule has 0 aliphatic carbocycles. The molecule has 0 aliphatic rings. The van der Waals surface area contributed by atoms with Gasteiger partial charge in [0.15, 0.2) is 5.69 Å². The largest absolute Gasteiger partial charge is 0.505 e. The number of nitrogens with one attached hydrogen (secondary N) is 1. The third-order valence-corrected chi connectivity index (χ3v) is 5.15. The number of aromatic nitrogens is 3. The highest BCUT2D eigenvalue weighted by Gasteiger charge is 2.17. The predicted molar refractivity (Wildman–Crippen MR) is 123 cm³/mol. The molecule has 1 amide bonds. The van der Waals surface area contributed by atoms with Crippen molar-refractivity contribution in [1.82, 2.24) is 20.2 Å². The Balaban J connectivity index is 1.69. The summed E-state index contributed by atoms with van der Waals surface area (Å²) in [4.78, 5) is 29.9. The molecule has 0 unspecified atom stereocenters. The van der Waals surface area contributed by atoms with Gasteiger partial charge < -0.3 is 10.2 Å². The summed E-state index contributed by atoms with van der Waals surface area (Å²) in [5, 5.41) is 28.7. The summed E-state index contributed by atoms with van der Waals surface area (Å²) in [6.07, 6.45) is 2.66. The molecule has 9 heteroatoms. The van der Waals surface area contributed by atoms with Crippen molar-refractivity contribution in [2.45, 2.75) is 20.1 Å². The normalized spacial score (nSPS) is 11.2. The van der Waals surface area contributed by atoms with Gasteiger partial charge in [0.05, 0.1) is 30.4 Å². The van der Waals surface area contributed by atoms with Crippen LogP contribution in [0.15, 0.2) is 70.7 Å².